The van der Waals surface area contributed by atoms with Crippen LogP contribution in [0, 0.1) is 0 Å². The smallest absolute Gasteiger partial charge is 0.141 e. The lowest BCUT2D eigenvalue weighted by Crippen LogP contribution is -2.02. The maximum absolute atomic E-state index is 5.89. The number of rotatable bonds is 2. The topological polar surface area (TPSA) is 51.8 Å². The summed E-state index contributed by atoms with van der Waals surface area (Å²) in [5.41, 5.74) is 7.36. The zero-order chi connectivity index (χ0) is 10.7. The van der Waals surface area contributed by atoms with Crippen molar-refractivity contribution in [2.45, 2.75) is 6.54 Å². The van der Waals surface area contributed by atoms with Crippen molar-refractivity contribution < 1.29 is 0 Å². The molecule has 0 aliphatic carbocycles. The highest BCUT2D eigenvalue weighted by atomic mass is 35.5. The van der Waals surface area contributed by atoms with Crippen molar-refractivity contribution in [3.8, 4) is 11.1 Å². The quantitative estimate of drug-likeness (QED) is 0.843. The predicted molar refractivity (Wildman–Crippen MR) is 60.4 cm³/mol. The number of halogens is 1. The number of nitrogens with zero attached hydrogens (tertiary/aromatic N) is 2. The van der Waals surface area contributed by atoms with E-state index in [2.05, 4.69) is 9.97 Å². The molecule has 2 rings (SSSR count). The van der Waals surface area contributed by atoms with Gasteiger partial charge in [-0.2, -0.15) is 0 Å². The van der Waals surface area contributed by atoms with Crippen LogP contribution in [0.25, 0.3) is 11.1 Å². The number of hydrogen-bond acceptors (Lipinski definition) is 3. The highest BCUT2D eigenvalue weighted by Crippen LogP contribution is 2.20. The average molecular weight is 220 g/mol. The third-order valence-corrected chi connectivity index (χ3v) is 2.28. The fourth-order valence-corrected chi connectivity index (χ4v) is 1.47. The lowest BCUT2D eigenvalue weighted by atomic mass is 10.1. The lowest BCUT2D eigenvalue weighted by molar-refractivity contribution is 0.910. The summed E-state index contributed by atoms with van der Waals surface area (Å²) in [6.07, 6.45) is 3.50. The van der Waals surface area contributed by atoms with Gasteiger partial charge in [-0.15, -0.1) is 0 Å². The molecule has 4 heteroatoms. The first-order valence-electron chi connectivity index (χ1n) is 4.56. The van der Waals surface area contributed by atoms with Crippen LogP contribution in [0.2, 0.25) is 5.02 Å². The van der Waals surface area contributed by atoms with E-state index < -0.39 is 0 Å². The minimum Gasteiger partial charge on any atom is -0.324 e. The van der Waals surface area contributed by atoms with Crippen LogP contribution in [0.15, 0.2) is 36.7 Å². The van der Waals surface area contributed by atoms with Crippen molar-refractivity contribution in [3.63, 3.8) is 0 Å². The molecule has 2 N–H and O–H groups in total. The van der Waals surface area contributed by atoms with Gasteiger partial charge in [-0.3, -0.25) is 0 Å². The van der Waals surface area contributed by atoms with E-state index in [0.29, 0.717) is 17.4 Å². The molecule has 0 radical (unpaired) electrons. The SMILES string of the molecule is NCc1ncc(-c2cccc(Cl)c2)cn1. The van der Waals surface area contributed by atoms with Crippen molar-refractivity contribution in [2.24, 2.45) is 5.73 Å². The van der Waals surface area contributed by atoms with E-state index in [1.165, 1.54) is 0 Å². The van der Waals surface area contributed by atoms with Gasteiger partial charge >= 0.3 is 0 Å². The molecule has 0 aliphatic rings. The molecule has 1 heterocycles. The van der Waals surface area contributed by atoms with Crippen LogP contribution in [-0.2, 0) is 6.54 Å². The van der Waals surface area contributed by atoms with Gasteiger partial charge in [-0.05, 0) is 17.7 Å². The van der Waals surface area contributed by atoms with Gasteiger partial charge in [0.15, 0.2) is 0 Å². The molecule has 1 aromatic carbocycles. The molecule has 1 aromatic heterocycles. The monoisotopic (exact) mass is 219 g/mol. The Labute approximate surface area is 92.9 Å². The van der Waals surface area contributed by atoms with Gasteiger partial charge in [0.05, 0.1) is 6.54 Å². The molecule has 3 nitrogen and oxygen atoms in total. The molecule has 0 aliphatic heterocycles. The summed E-state index contributed by atoms with van der Waals surface area (Å²) >= 11 is 5.89. The van der Waals surface area contributed by atoms with E-state index in [4.69, 9.17) is 17.3 Å². The highest BCUT2D eigenvalue weighted by molar-refractivity contribution is 6.30. The molecule has 0 saturated heterocycles. The molecule has 0 spiro atoms. The van der Waals surface area contributed by atoms with Gasteiger partial charge < -0.3 is 5.73 Å². The van der Waals surface area contributed by atoms with Crippen LogP contribution in [0.3, 0.4) is 0 Å². The molecule has 0 unspecified atom stereocenters. The van der Waals surface area contributed by atoms with Crippen molar-refractivity contribution in [1.29, 1.82) is 0 Å². The molecule has 0 atom stereocenters. The summed E-state index contributed by atoms with van der Waals surface area (Å²) in [4.78, 5) is 8.25. The second-order valence-electron chi connectivity index (χ2n) is 3.10. The minimum absolute atomic E-state index is 0.357. The van der Waals surface area contributed by atoms with Crippen LogP contribution >= 0.6 is 11.6 Å². The van der Waals surface area contributed by atoms with Gasteiger partial charge in [0.2, 0.25) is 0 Å². The van der Waals surface area contributed by atoms with Crippen LogP contribution in [0.4, 0.5) is 0 Å². The lowest BCUT2D eigenvalue weighted by Gasteiger charge is -2.01. The normalized spacial score (nSPS) is 10.3. The first-order valence-corrected chi connectivity index (χ1v) is 4.94. The molecule has 0 amide bonds. The van der Waals surface area contributed by atoms with Crippen molar-refractivity contribution >= 4 is 11.6 Å². The van der Waals surface area contributed by atoms with Crippen molar-refractivity contribution in [2.75, 3.05) is 0 Å². The summed E-state index contributed by atoms with van der Waals surface area (Å²) in [6, 6.07) is 7.57. The molecule has 0 bridgehead atoms. The molecule has 0 saturated carbocycles. The number of nitrogens with two attached hydrogens (primary N) is 1. The summed E-state index contributed by atoms with van der Waals surface area (Å²) in [7, 11) is 0. The molecular weight excluding hydrogens is 210 g/mol. The van der Waals surface area contributed by atoms with Gasteiger partial charge in [-0.1, -0.05) is 23.7 Å². The van der Waals surface area contributed by atoms with E-state index in [-0.39, 0.29) is 0 Å². The molecule has 15 heavy (non-hydrogen) atoms. The van der Waals surface area contributed by atoms with Gasteiger partial charge in [-0.25, -0.2) is 9.97 Å². The summed E-state index contributed by atoms with van der Waals surface area (Å²) in [5, 5.41) is 0.704. The zero-order valence-electron chi connectivity index (χ0n) is 8.02. The second-order valence-corrected chi connectivity index (χ2v) is 3.54. The average Bonchev–Trinajstić information content (AvgIpc) is 2.29. The van der Waals surface area contributed by atoms with E-state index in [9.17, 15) is 0 Å². The Hall–Kier alpha value is -1.45. The standard InChI is InChI=1S/C11H10ClN3/c12-10-3-1-2-8(4-10)9-6-14-11(5-13)15-7-9/h1-4,6-7H,5,13H2. The summed E-state index contributed by atoms with van der Waals surface area (Å²) in [6.45, 7) is 0.357. The fraction of sp³-hybridized carbons (Fsp3) is 0.0909. The van der Waals surface area contributed by atoms with Gasteiger partial charge in [0, 0.05) is 23.0 Å². The van der Waals surface area contributed by atoms with Crippen LogP contribution in [0.5, 0.6) is 0 Å². The maximum Gasteiger partial charge on any atom is 0.141 e. The van der Waals surface area contributed by atoms with E-state index >= 15 is 0 Å². The van der Waals surface area contributed by atoms with Gasteiger partial charge in [0.25, 0.3) is 0 Å². The molecule has 2 aromatic rings. The fourth-order valence-electron chi connectivity index (χ4n) is 1.28. The Kier molecular flexibility index (Phi) is 2.94. The van der Waals surface area contributed by atoms with Crippen LogP contribution in [0.1, 0.15) is 5.82 Å². The highest BCUT2D eigenvalue weighted by Gasteiger charge is 1.99. The van der Waals surface area contributed by atoms with Gasteiger partial charge in [0.1, 0.15) is 5.82 Å². The van der Waals surface area contributed by atoms with E-state index in [0.717, 1.165) is 11.1 Å². The summed E-state index contributed by atoms with van der Waals surface area (Å²) in [5.74, 6) is 0.640. The Morgan fingerprint density at radius 2 is 1.87 bits per heavy atom. The van der Waals surface area contributed by atoms with Crippen molar-refractivity contribution in [1.82, 2.24) is 9.97 Å². The van der Waals surface area contributed by atoms with E-state index in [1.54, 1.807) is 12.4 Å². The minimum atomic E-state index is 0.357. The molecule has 0 fully saturated rings. The number of hydrogen-bond donors (Lipinski definition) is 1. The Morgan fingerprint density at radius 3 is 2.47 bits per heavy atom. The largest absolute Gasteiger partial charge is 0.324 e. The number of aromatic nitrogens is 2. The summed E-state index contributed by atoms with van der Waals surface area (Å²) < 4.78 is 0. The maximum atomic E-state index is 5.89. The second kappa shape index (κ2) is 4.38. The first kappa shape index (κ1) is 10.1. The molecule has 76 valence electrons. The third-order valence-electron chi connectivity index (χ3n) is 2.05. The van der Waals surface area contributed by atoms with Crippen molar-refractivity contribution in [3.05, 3.63) is 47.5 Å². The molecular formula is C11H10ClN3. The predicted octanol–water partition coefficient (Wildman–Crippen LogP) is 2.26. The first-order chi connectivity index (χ1) is 7.29. The van der Waals surface area contributed by atoms with Crippen LogP contribution < -0.4 is 5.73 Å². The Morgan fingerprint density at radius 1 is 1.13 bits per heavy atom. The number of benzene rings is 1. The third kappa shape index (κ3) is 2.32. The Bertz CT molecular complexity index is 454. The van der Waals surface area contributed by atoms with Crippen LogP contribution in [-0.4, -0.2) is 9.97 Å². The van der Waals surface area contributed by atoms with E-state index in [1.807, 2.05) is 24.3 Å². The zero-order valence-corrected chi connectivity index (χ0v) is 8.78. The Balaban J connectivity index is 2.37.